The summed E-state index contributed by atoms with van der Waals surface area (Å²) in [5.74, 6) is 0.00949. The first-order valence-corrected chi connectivity index (χ1v) is 5.82. The van der Waals surface area contributed by atoms with Crippen LogP contribution in [0.1, 0.15) is 38.1 Å². The molecule has 1 N–H and O–H groups in total. The number of likely N-dealkylation sites (N-methyl/N-ethyl adjacent to an activating group) is 1. The molecule has 0 fully saturated rings. The van der Waals surface area contributed by atoms with Gasteiger partial charge >= 0.3 is 0 Å². The lowest BCUT2D eigenvalue weighted by molar-refractivity contribution is -0.386. The molecule has 17 heavy (non-hydrogen) atoms. The molecule has 5 heteroatoms. The molecule has 1 rings (SSSR count). The minimum absolute atomic E-state index is 0.00949. The molecule has 0 spiro atoms. The van der Waals surface area contributed by atoms with Crippen LogP contribution in [0.4, 0.5) is 5.69 Å². The number of nitrogens with one attached hydrogen (secondary N) is 1. The SMILES string of the molecule is CCNC(C)C(C)c1nc(C)ccc1[N+](=O)[O-]. The molecule has 0 aromatic carbocycles. The Hall–Kier alpha value is -1.49. The van der Waals surface area contributed by atoms with Gasteiger partial charge in [0.2, 0.25) is 0 Å². The van der Waals surface area contributed by atoms with Crippen molar-refractivity contribution in [3.8, 4) is 0 Å². The summed E-state index contributed by atoms with van der Waals surface area (Å²) in [4.78, 5) is 14.9. The predicted molar refractivity (Wildman–Crippen MR) is 67.2 cm³/mol. The Labute approximate surface area is 101 Å². The van der Waals surface area contributed by atoms with E-state index in [0.717, 1.165) is 12.2 Å². The van der Waals surface area contributed by atoms with Crippen LogP contribution in [0.3, 0.4) is 0 Å². The lowest BCUT2D eigenvalue weighted by Crippen LogP contribution is -2.31. The Morgan fingerprint density at radius 1 is 1.47 bits per heavy atom. The van der Waals surface area contributed by atoms with Crippen molar-refractivity contribution >= 4 is 5.69 Å². The molecular formula is C12H19N3O2. The zero-order valence-corrected chi connectivity index (χ0v) is 10.7. The molecule has 1 aromatic rings. The normalized spacial score (nSPS) is 14.4. The Kier molecular flexibility index (Phi) is 4.57. The van der Waals surface area contributed by atoms with Crippen molar-refractivity contribution in [2.24, 2.45) is 0 Å². The van der Waals surface area contributed by atoms with Crippen molar-refractivity contribution in [2.45, 2.75) is 39.7 Å². The van der Waals surface area contributed by atoms with Gasteiger partial charge in [-0.05, 0) is 26.5 Å². The van der Waals surface area contributed by atoms with Crippen LogP contribution in [-0.2, 0) is 0 Å². The number of aromatic nitrogens is 1. The molecule has 5 nitrogen and oxygen atoms in total. The van der Waals surface area contributed by atoms with Crippen molar-refractivity contribution in [1.29, 1.82) is 0 Å². The number of nitro groups is 1. The van der Waals surface area contributed by atoms with Crippen molar-refractivity contribution in [3.63, 3.8) is 0 Å². The van der Waals surface area contributed by atoms with E-state index in [-0.39, 0.29) is 22.6 Å². The van der Waals surface area contributed by atoms with Crippen LogP contribution in [0.15, 0.2) is 12.1 Å². The average molecular weight is 237 g/mol. The Bertz CT molecular complexity index is 407. The molecule has 94 valence electrons. The van der Waals surface area contributed by atoms with Crippen LogP contribution in [-0.4, -0.2) is 22.5 Å². The van der Waals surface area contributed by atoms with Crippen LogP contribution in [0.25, 0.3) is 0 Å². The predicted octanol–water partition coefficient (Wildman–Crippen LogP) is 2.40. The number of hydrogen-bond acceptors (Lipinski definition) is 4. The molecule has 0 aliphatic carbocycles. The summed E-state index contributed by atoms with van der Waals surface area (Å²) in [5, 5.41) is 14.2. The van der Waals surface area contributed by atoms with E-state index in [1.165, 1.54) is 6.07 Å². The van der Waals surface area contributed by atoms with Gasteiger partial charge in [0.05, 0.1) is 4.92 Å². The maximum atomic E-state index is 11.0. The molecule has 1 aromatic heterocycles. The van der Waals surface area contributed by atoms with E-state index in [1.54, 1.807) is 6.07 Å². The van der Waals surface area contributed by atoms with E-state index < -0.39 is 0 Å². The van der Waals surface area contributed by atoms with E-state index >= 15 is 0 Å². The average Bonchev–Trinajstić information content (AvgIpc) is 2.27. The summed E-state index contributed by atoms with van der Waals surface area (Å²) in [6, 6.07) is 3.37. The highest BCUT2D eigenvalue weighted by molar-refractivity contribution is 5.38. The van der Waals surface area contributed by atoms with Gasteiger partial charge < -0.3 is 5.32 Å². The zero-order chi connectivity index (χ0) is 13.0. The molecule has 0 radical (unpaired) electrons. The summed E-state index contributed by atoms with van der Waals surface area (Å²) in [6.07, 6.45) is 0. The van der Waals surface area contributed by atoms with Crippen LogP contribution in [0.2, 0.25) is 0 Å². The second kappa shape index (κ2) is 5.72. The Balaban J connectivity index is 3.10. The Morgan fingerprint density at radius 2 is 2.12 bits per heavy atom. The second-order valence-corrected chi connectivity index (χ2v) is 4.25. The van der Waals surface area contributed by atoms with Gasteiger partial charge in [-0.15, -0.1) is 0 Å². The van der Waals surface area contributed by atoms with Gasteiger partial charge in [0.1, 0.15) is 5.69 Å². The lowest BCUT2D eigenvalue weighted by Gasteiger charge is -2.20. The smallest absolute Gasteiger partial charge is 0.291 e. The topological polar surface area (TPSA) is 68.1 Å². The van der Waals surface area contributed by atoms with E-state index in [2.05, 4.69) is 10.3 Å². The van der Waals surface area contributed by atoms with Crippen LogP contribution < -0.4 is 5.32 Å². The molecule has 0 saturated carbocycles. The van der Waals surface area contributed by atoms with Crippen molar-refractivity contribution in [1.82, 2.24) is 10.3 Å². The summed E-state index contributed by atoms with van der Waals surface area (Å²) in [5.41, 5.74) is 1.47. The monoisotopic (exact) mass is 237 g/mol. The molecule has 0 amide bonds. The molecule has 1 heterocycles. The van der Waals surface area contributed by atoms with Crippen LogP contribution >= 0.6 is 0 Å². The molecule has 0 saturated heterocycles. The molecule has 2 atom stereocenters. The fraction of sp³-hybridized carbons (Fsp3) is 0.583. The summed E-state index contributed by atoms with van der Waals surface area (Å²) in [6.45, 7) is 8.67. The highest BCUT2D eigenvalue weighted by atomic mass is 16.6. The molecule has 0 aliphatic heterocycles. The number of rotatable bonds is 5. The number of nitrogens with zero attached hydrogens (tertiary/aromatic N) is 2. The minimum Gasteiger partial charge on any atom is -0.314 e. The van der Waals surface area contributed by atoms with Gasteiger partial charge in [0.25, 0.3) is 5.69 Å². The molecule has 2 unspecified atom stereocenters. The fourth-order valence-corrected chi connectivity index (χ4v) is 1.79. The van der Waals surface area contributed by atoms with Crippen molar-refractivity contribution in [3.05, 3.63) is 33.6 Å². The van der Waals surface area contributed by atoms with Gasteiger partial charge in [0, 0.05) is 23.7 Å². The van der Waals surface area contributed by atoms with Crippen LogP contribution in [0.5, 0.6) is 0 Å². The quantitative estimate of drug-likeness (QED) is 0.630. The second-order valence-electron chi connectivity index (χ2n) is 4.25. The maximum absolute atomic E-state index is 11.0. The van der Waals surface area contributed by atoms with Crippen molar-refractivity contribution in [2.75, 3.05) is 6.54 Å². The third-order valence-electron chi connectivity index (χ3n) is 2.95. The first-order chi connectivity index (χ1) is 7.97. The largest absolute Gasteiger partial charge is 0.314 e. The minimum atomic E-state index is -0.364. The van der Waals surface area contributed by atoms with Gasteiger partial charge in [-0.1, -0.05) is 13.8 Å². The lowest BCUT2D eigenvalue weighted by atomic mass is 9.97. The summed E-state index contributed by atoms with van der Waals surface area (Å²) in [7, 11) is 0. The van der Waals surface area contributed by atoms with Gasteiger partial charge in [-0.2, -0.15) is 0 Å². The first-order valence-electron chi connectivity index (χ1n) is 5.82. The van der Waals surface area contributed by atoms with Crippen LogP contribution in [0, 0.1) is 17.0 Å². The van der Waals surface area contributed by atoms with E-state index in [4.69, 9.17) is 0 Å². The van der Waals surface area contributed by atoms with Gasteiger partial charge in [-0.3, -0.25) is 15.1 Å². The van der Waals surface area contributed by atoms with Gasteiger partial charge in [0.15, 0.2) is 0 Å². The third kappa shape index (κ3) is 3.23. The zero-order valence-electron chi connectivity index (χ0n) is 10.7. The number of hydrogen-bond donors (Lipinski definition) is 1. The van der Waals surface area contributed by atoms with E-state index in [0.29, 0.717) is 5.69 Å². The third-order valence-corrected chi connectivity index (χ3v) is 2.95. The maximum Gasteiger partial charge on any atom is 0.291 e. The van der Waals surface area contributed by atoms with Gasteiger partial charge in [-0.25, -0.2) is 0 Å². The number of aryl methyl sites for hydroxylation is 1. The highest BCUT2D eigenvalue weighted by Crippen LogP contribution is 2.27. The molecular weight excluding hydrogens is 218 g/mol. The Morgan fingerprint density at radius 3 is 2.65 bits per heavy atom. The summed E-state index contributed by atoms with van der Waals surface area (Å²) >= 11 is 0. The fourth-order valence-electron chi connectivity index (χ4n) is 1.79. The summed E-state index contributed by atoms with van der Waals surface area (Å²) < 4.78 is 0. The highest BCUT2D eigenvalue weighted by Gasteiger charge is 2.24. The van der Waals surface area contributed by atoms with Crippen molar-refractivity contribution < 1.29 is 4.92 Å². The first kappa shape index (κ1) is 13.6. The standard InChI is InChI=1S/C12H19N3O2/c1-5-13-10(4)9(3)12-11(15(16)17)7-6-8(2)14-12/h6-7,9-10,13H,5H2,1-4H3. The molecule has 0 bridgehead atoms. The van der Waals surface area contributed by atoms with E-state index in [1.807, 2.05) is 27.7 Å². The molecule has 0 aliphatic rings. The number of pyridine rings is 1. The van der Waals surface area contributed by atoms with E-state index in [9.17, 15) is 10.1 Å².